The molecule has 22 heavy (non-hydrogen) atoms. The monoisotopic (exact) mass is 323 g/mol. The Bertz CT molecular complexity index is 713. The quantitative estimate of drug-likeness (QED) is 0.804. The summed E-state index contributed by atoms with van der Waals surface area (Å²) in [5.41, 5.74) is 0.589. The van der Waals surface area contributed by atoms with Gasteiger partial charge in [-0.15, -0.1) is 0 Å². The van der Waals surface area contributed by atoms with Gasteiger partial charge in [0.1, 0.15) is 0 Å². The Balaban J connectivity index is 1.66. The van der Waals surface area contributed by atoms with Crippen LogP contribution in [-0.2, 0) is 9.84 Å². The van der Waals surface area contributed by atoms with Gasteiger partial charge in [-0.3, -0.25) is 14.6 Å². The van der Waals surface area contributed by atoms with Crippen molar-refractivity contribution < 1.29 is 18.0 Å². The molecule has 3 rings (SSSR count). The van der Waals surface area contributed by atoms with Crippen molar-refractivity contribution in [2.75, 3.05) is 11.5 Å². The molecule has 1 saturated heterocycles. The van der Waals surface area contributed by atoms with Crippen LogP contribution in [-0.4, -0.2) is 48.8 Å². The van der Waals surface area contributed by atoms with Crippen molar-refractivity contribution in [1.82, 2.24) is 15.6 Å². The third-order valence-electron chi connectivity index (χ3n) is 3.74. The third kappa shape index (κ3) is 3.62. The van der Waals surface area contributed by atoms with E-state index in [9.17, 15) is 18.0 Å². The lowest BCUT2D eigenvalue weighted by atomic mass is 10.1. The Morgan fingerprint density at radius 1 is 1.00 bits per heavy atom. The summed E-state index contributed by atoms with van der Waals surface area (Å²) < 4.78 is 22.8. The van der Waals surface area contributed by atoms with Gasteiger partial charge in [-0.2, -0.15) is 0 Å². The predicted octanol–water partition coefficient (Wildman–Crippen LogP) is -0.109. The lowest BCUT2D eigenvalue weighted by Crippen LogP contribution is -2.35. The molecule has 0 aromatic carbocycles. The Kier molecular flexibility index (Phi) is 3.86. The minimum Gasteiger partial charge on any atom is -0.349 e. The highest BCUT2D eigenvalue weighted by atomic mass is 32.2. The Morgan fingerprint density at radius 3 is 2.09 bits per heavy atom. The van der Waals surface area contributed by atoms with E-state index in [2.05, 4.69) is 15.6 Å². The smallest absolute Gasteiger partial charge is 0.253 e. The molecule has 118 valence electrons. The highest BCUT2D eigenvalue weighted by Crippen LogP contribution is 2.19. The maximum atomic E-state index is 12.1. The second-order valence-electron chi connectivity index (χ2n) is 5.78. The molecule has 2 heterocycles. The molecule has 1 aromatic heterocycles. The summed E-state index contributed by atoms with van der Waals surface area (Å²) in [5.74, 6) is -0.586. The third-order valence-corrected chi connectivity index (χ3v) is 5.51. The fourth-order valence-electron chi connectivity index (χ4n) is 2.36. The van der Waals surface area contributed by atoms with Crippen molar-refractivity contribution in [3.8, 4) is 0 Å². The fourth-order valence-corrected chi connectivity index (χ4v) is 4.04. The Labute approximate surface area is 128 Å². The normalized spacial score (nSPS) is 23.0. The number of pyridine rings is 1. The lowest BCUT2D eigenvalue weighted by molar-refractivity contribution is 0.0940. The van der Waals surface area contributed by atoms with Crippen LogP contribution in [0.4, 0.5) is 0 Å². The summed E-state index contributed by atoms with van der Waals surface area (Å²) in [5, 5.41) is 5.51. The number of aromatic nitrogens is 1. The van der Waals surface area contributed by atoms with E-state index >= 15 is 0 Å². The molecule has 1 saturated carbocycles. The maximum Gasteiger partial charge on any atom is 0.253 e. The van der Waals surface area contributed by atoms with E-state index in [1.165, 1.54) is 18.5 Å². The van der Waals surface area contributed by atoms with E-state index in [1.54, 1.807) is 0 Å². The van der Waals surface area contributed by atoms with E-state index in [0.29, 0.717) is 12.0 Å². The summed E-state index contributed by atoms with van der Waals surface area (Å²) >= 11 is 0. The first-order valence-corrected chi connectivity index (χ1v) is 9.02. The van der Waals surface area contributed by atoms with Crippen LogP contribution in [0.15, 0.2) is 18.5 Å². The first-order chi connectivity index (χ1) is 10.4. The van der Waals surface area contributed by atoms with Crippen LogP contribution >= 0.6 is 0 Å². The van der Waals surface area contributed by atoms with Crippen molar-refractivity contribution in [3.05, 3.63) is 29.6 Å². The average Bonchev–Trinajstić information content (AvgIpc) is 3.22. The van der Waals surface area contributed by atoms with Crippen LogP contribution in [0.25, 0.3) is 0 Å². The fraction of sp³-hybridized carbons (Fsp3) is 0.500. The van der Waals surface area contributed by atoms with Crippen LogP contribution < -0.4 is 10.6 Å². The molecule has 1 aromatic rings. The minimum atomic E-state index is -3.05. The molecule has 0 bridgehead atoms. The van der Waals surface area contributed by atoms with Gasteiger partial charge in [0.05, 0.1) is 22.6 Å². The van der Waals surface area contributed by atoms with Crippen LogP contribution in [0.5, 0.6) is 0 Å². The minimum absolute atomic E-state index is 0.0337. The summed E-state index contributed by atoms with van der Waals surface area (Å²) in [4.78, 5) is 28.0. The summed E-state index contributed by atoms with van der Waals surface area (Å²) in [7, 11) is -3.05. The molecule has 0 radical (unpaired) electrons. The van der Waals surface area contributed by atoms with Crippen molar-refractivity contribution in [1.29, 1.82) is 0 Å². The molecule has 1 aliphatic heterocycles. The van der Waals surface area contributed by atoms with Gasteiger partial charge in [0.25, 0.3) is 11.8 Å². The zero-order valence-corrected chi connectivity index (χ0v) is 12.7. The molecule has 8 heteroatoms. The largest absolute Gasteiger partial charge is 0.349 e. The van der Waals surface area contributed by atoms with Crippen LogP contribution in [0.3, 0.4) is 0 Å². The number of hydrogen-bond donors (Lipinski definition) is 2. The van der Waals surface area contributed by atoms with Crippen LogP contribution in [0, 0.1) is 0 Å². The highest BCUT2D eigenvalue weighted by molar-refractivity contribution is 7.91. The zero-order valence-electron chi connectivity index (χ0n) is 11.9. The number of carbonyl (C=O) groups excluding carboxylic acids is 2. The number of hydrogen-bond acceptors (Lipinski definition) is 5. The van der Waals surface area contributed by atoms with E-state index < -0.39 is 15.7 Å². The van der Waals surface area contributed by atoms with Crippen molar-refractivity contribution >= 4 is 21.7 Å². The van der Waals surface area contributed by atoms with Gasteiger partial charge >= 0.3 is 0 Å². The van der Waals surface area contributed by atoms with Crippen molar-refractivity contribution in [2.24, 2.45) is 0 Å². The number of nitrogens with one attached hydrogen (secondary N) is 2. The number of sulfone groups is 1. The van der Waals surface area contributed by atoms with Gasteiger partial charge in [0.15, 0.2) is 9.84 Å². The molecule has 2 fully saturated rings. The van der Waals surface area contributed by atoms with E-state index in [1.807, 2.05) is 0 Å². The highest BCUT2D eigenvalue weighted by Gasteiger charge is 2.29. The molecule has 2 amide bonds. The molecule has 0 spiro atoms. The first kappa shape index (κ1) is 15.0. The zero-order chi connectivity index (χ0) is 15.7. The van der Waals surface area contributed by atoms with Crippen LogP contribution in [0.2, 0.25) is 0 Å². The standard InChI is InChI=1S/C14H17N3O4S/c18-13(16-11-1-2-11)9-5-10(7-15-6-9)14(19)17-12-3-4-22(20,21)8-12/h5-7,11-12H,1-4,8H2,(H,16,18)(H,17,19). The van der Waals surface area contributed by atoms with E-state index in [-0.39, 0.29) is 35.1 Å². The molecular formula is C14H17N3O4S. The summed E-state index contributed by atoms with van der Waals surface area (Å²) in [6.45, 7) is 0. The van der Waals surface area contributed by atoms with Gasteiger partial charge in [0, 0.05) is 24.5 Å². The predicted molar refractivity (Wildman–Crippen MR) is 79.3 cm³/mol. The summed E-state index contributed by atoms with van der Waals surface area (Å²) in [6, 6.07) is 1.33. The second kappa shape index (κ2) is 5.68. The lowest BCUT2D eigenvalue weighted by Gasteiger charge is -2.11. The average molecular weight is 323 g/mol. The summed E-state index contributed by atoms with van der Waals surface area (Å²) in [6.07, 6.45) is 5.16. The molecule has 7 nitrogen and oxygen atoms in total. The maximum absolute atomic E-state index is 12.1. The molecule has 1 aliphatic carbocycles. The topological polar surface area (TPSA) is 105 Å². The van der Waals surface area contributed by atoms with E-state index in [0.717, 1.165) is 12.8 Å². The van der Waals surface area contributed by atoms with Gasteiger partial charge in [-0.25, -0.2) is 8.42 Å². The van der Waals surface area contributed by atoms with Gasteiger partial charge in [0.2, 0.25) is 0 Å². The van der Waals surface area contributed by atoms with Gasteiger partial charge in [-0.05, 0) is 25.3 Å². The van der Waals surface area contributed by atoms with Gasteiger partial charge < -0.3 is 10.6 Å². The molecular weight excluding hydrogens is 306 g/mol. The number of amides is 2. The Morgan fingerprint density at radius 2 is 1.59 bits per heavy atom. The van der Waals surface area contributed by atoms with Gasteiger partial charge in [-0.1, -0.05) is 0 Å². The van der Waals surface area contributed by atoms with Crippen molar-refractivity contribution in [3.63, 3.8) is 0 Å². The molecule has 1 unspecified atom stereocenters. The van der Waals surface area contributed by atoms with Crippen LogP contribution in [0.1, 0.15) is 40.0 Å². The molecule has 2 aliphatic rings. The SMILES string of the molecule is O=C(NC1CC1)c1cncc(C(=O)NC2CCS(=O)(=O)C2)c1. The van der Waals surface area contributed by atoms with E-state index in [4.69, 9.17) is 0 Å². The van der Waals surface area contributed by atoms with Crippen molar-refractivity contribution in [2.45, 2.75) is 31.3 Å². The number of carbonyl (C=O) groups is 2. The molecule has 1 atom stereocenters. The number of nitrogens with zero attached hydrogens (tertiary/aromatic N) is 1. The molecule has 2 N–H and O–H groups in total. The Hall–Kier alpha value is -1.96. The first-order valence-electron chi connectivity index (χ1n) is 7.20. The number of rotatable bonds is 4. The second-order valence-corrected chi connectivity index (χ2v) is 8.01.